The van der Waals surface area contributed by atoms with Crippen molar-refractivity contribution in [1.82, 2.24) is 15.1 Å². The van der Waals surface area contributed by atoms with Crippen molar-refractivity contribution < 1.29 is 9.47 Å². The molecule has 0 saturated heterocycles. The Hall–Kier alpha value is -2.50. The van der Waals surface area contributed by atoms with Gasteiger partial charge in [-0.05, 0) is 37.6 Å². The third-order valence-corrected chi connectivity index (χ3v) is 5.01. The standard InChI is InChI=1S/C20H20ClN3O2/c1-13(17-11-23-24(14(17)2)16-6-4-3-5-7-16)22-10-15-8-19-20(9-18(15)21)26-12-25-19/h3-9,11,13,22H,10,12H2,1-2H3/t13-/m1/s1. The number of aromatic nitrogens is 2. The summed E-state index contributed by atoms with van der Waals surface area (Å²) in [5.41, 5.74) is 4.32. The average molecular weight is 370 g/mol. The molecule has 1 aliphatic heterocycles. The normalized spacial score (nSPS) is 13.8. The Morgan fingerprint density at radius 3 is 2.69 bits per heavy atom. The minimum absolute atomic E-state index is 0.133. The summed E-state index contributed by atoms with van der Waals surface area (Å²) < 4.78 is 12.7. The zero-order valence-electron chi connectivity index (χ0n) is 14.7. The van der Waals surface area contributed by atoms with Crippen molar-refractivity contribution in [2.75, 3.05) is 6.79 Å². The van der Waals surface area contributed by atoms with Gasteiger partial charge in [-0.25, -0.2) is 4.68 Å². The molecule has 1 N–H and O–H groups in total. The highest BCUT2D eigenvalue weighted by atomic mass is 35.5. The lowest BCUT2D eigenvalue weighted by Crippen LogP contribution is -2.19. The number of benzene rings is 2. The third-order valence-electron chi connectivity index (χ3n) is 4.66. The molecular weight excluding hydrogens is 350 g/mol. The number of ether oxygens (including phenoxy) is 2. The van der Waals surface area contributed by atoms with Crippen molar-refractivity contribution in [3.8, 4) is 17.2 Å². The molecule has 6 heteroatoms. The van der Waals surface area contributed by atoms with Gasteiger partial charge in [0, 0.05) is 34.9 Å². The Labute approximate surface area is 157 Å². The fourth-order valence-electron chi connectivity index (χ4n) is 3.14. The van der Waals surface area contributed by atoms with E-state index in [0.717, 1.165) is 28.3 Å². The number of nitrogens with zero attached hydrogens (tertiary/aromatic N) is 2. The van der Waals surface area contributed by atoms with Crippen LogP contribution >= 0.6 is 11.6 Å². The van der Waals surface area contributed by atoms with E-state index in [1.807, 2.05) is 53.3 Å². The van der Waals surface area contributed by atoms with Gasteiger partial charge in [-0.1, -0.05) is 29.8 Å². The second-order valence-electron chi connectivity index (χ2n) is 6.33. The SMILES string of the molecule is Cc1c([C@@H](C)NCc2cc3c(cc2Cl)OCO3)cnn1-c1ccccc1. The molecule has 3 aromatic rings. The molecule has 0 bridgehead atoms. The molecule has 0 aliphatic carbocycles. The van der Waals surface area contributed by atoms with E-state index in [1.165, 1.54) is 0 Å². The number of halogens is 1. The van der Waals surface area contributed by atoms with Gasteiger partial charge in [-0.15, -0.1) is 0 Å². The van der Waals surface area contributed by atoms with Crippen LogP contribution in [0.3, 0.4) is 0 Å². The summed E-state index contributed by atoms with van der Waals surface area (Å²) in [6.07, 6.45) is 1.92. The van der Waals surface area contributed by atoms with Crippen LogP contribution in [0.2, 0.25) is 5.02 Å². The molecule has 0 unspecified atom stereocenters. The maximum Gasteiger partial charge on any atom is 0.231 e. The summed E-state index contributed by atoms with van der Waals surface area (Å²) in [4.78, 5) is 0. The first kappa shape index (κ1) is 16.9. The molecule has 134 valence electrons. The van der Waals surface area contributed by atoms with Gasteiger partial charge in [-0.2, -0.15) is 5.10 Å². The Morgan fingerprint density at radius 1 is 1.19 bits per heavy atom. The van der Waals surface area contributed by atoms with Crippen LogP contribution in [0.5, 0.6) is 11.5 Å². The number of para-hydroxylation sites is 1. The van der Waals surface area contributed by atoms with Gasteiger partial charge in [0.15, 0.2) is 11.5 Å². The van der Waals surface area contributed by atoms with Crippen molar-refractivity contribution in [3.05, 3.63) is 70.5 Å². The van der Waals surface area contributed by atoms with E-state index in [2.05, 4.69) is 24.3 Å². The van der Waals surface area contributed by atoms with Gasteiger partial charge in [0.05, 0.1) is 11.9 Å². The maximum atomic E-state index is 6.36. The molecule has 5 nitrogen and oxygen atoms in total. The predicted octanol–water partition coefficient (Wildman–Crippen LogP) is 4.41. The quantitative estimate of drug-likeness (QED) is 0.723. The number of hydrogen-bond donors (Lipinski definition) is 1. The van der Waals surface area contributed by atoms with Crippen LogP contribution in [0, 0.1) is 6.92 Å². The van der Waals surface area contributed by atoms with E-state index in [4.69, 9.17) is 21.1 Å². The summed E-state index contributed by atoms with van der Waals surface area (Å²) in [5, 5.41) is 8.73. The highest BCUT2D eigenvalue weighted by Crippen LogP contribution is 2.37. The summed E-state index contributed by atoms with van der Waals surface area (Å²) >= 11 is 6.36. The Kier molecular flexibility index (Phi) is 4.57. The monoisotopic (exact) mass is 369 g/mol. The minimum atomic E-state index is 0.133. The molecule has 4 rings (SSSR count). The van der Waals surface area contributed by atoms with E-state index >= 15 is 0 Å². The second kappa shape index (κ2) is 7.02. The number of fused-ring (bicyclic) bond motifs is 1. The van der Waals surface area contributed by atoms with Crippen LogP contribution in [-0.2, 0) is 6.54 Å². The molecule has 0 saturated carbocycles. The lowest BCUT2D eigenvalue weighted by Gasteiger charge is -2.15. The largest absolute Gasteiger partial charge is 0.454 e. The molecule has 0 fully saturated rings. The zero-order chi connectivity index (χ0) is 18.1. The summed E-state index contributed by atoms with van der Waals surface area (Å²) in [6, 6.07) is 14.0. The van der Waals surface area contributed by atoms with E-state index in [1.54, 1.807) is 0 Å². The highest BCUT2D eigenvalue weighted by molar-refractivity contribution is 6.31. The minimum Gasteiger partial charge on any atom is -0.454 e. The van der Waals surface area contributed by atoms with Gasteiger partial charge in [0.1, 0.15) is 0 Å². The smallest absolute Gasteiger partial charge is 0.231 e. The Bertz CT molecular complexity index is 924. The van der Waals surface area contributed by atoms with Crippen LogP contribution < -0.4 is 14.8 Å². The van der Waals surface area contributed by atoms with Crippen LogP contribution in [-0.4, -0.2) is 16.6 Å². The predicted molar refractivity (Wildman–Crippen MR) is 101 cm³/mol. The van der Waals surface area contributed by atoms with E-state index in [9.17, 15) is 0 Å². The van der Waals surface area contributed by atoms with Crippen molar-refractivity contribution >= 4 is 11.6 Å². The van der Waals surface area contributed by atoms with Gasteiger partial charge >= 0.3 is 0 Å². The van der Waals surface area contributed by atoms with E-state index in [-0.39, 0.29) is 12.8 Å². The van der Waals surface area contributed by atoms with Crippen molar-refractivity contribution in [1.29, 1.82) is 0 Å². The molecule has 2 aromatic carbocycles. The second-order valence-corrected chi connectivity index (χ2v) is 6.74. The van der Waals surface area contributed by atoms with Crippen LogP contribution in [0.15, 0.2) is 48.7 Å². The van der Waals surface area contributed by atoms with Gasteiger partial charge in [-0.3, -0.25) is 0 Å². The third kappa shape index (κ3) is 3.16. The van der Waals surface area contributed by atoms with Gasteiger partial charge in [0.2, 0.25) is 6.79 Å². The maximum absolute atomic E-state index is 6.36. The lowest BCUT2D eigenvalue weighted by molar-refractivity contribution is 0.174. The molecular formula is C20H20ClN3O2. The van der Waals surface area contributed by atoms with Crippen molar-refractivity contribution in [2.45, 2.75) is 26.4 Å². The molecule has 0 amide bonds. The molecule has 26 heavy (non-hydrogen) atoms. The van der Waals surface area contributed by atoms with E-state index < -0.39 is 0 Å². The molecule has 1 atom stereocenters. The number of hydrogen-bond acceptors (Lipinski definition) is 4. The molecule has 1 aliphatic rings. The van der Waals surface area contributed by atoms with Crippen LogP contribution in [0.4, 0.5) is 0 Å². The molecule has 1 aromatic heterocycles. The topological polar surface area (TPSA) is 48.3 Å². The fraction of sp³-hybridized carbons (Fsp3) is 0.250. The summed E-state index contributed by atoms with van der Waals surface area (Å²) in [5.74, 6) is 1.44. The first-order valence-corrected chi connectivity index (χ1v) is 8.92. The molecule has 2 heterocycles. The van der Waals surface area contributed by atoms with Crippen molar-refractivity contribution in [2.24, 2.45) is 0 Å². The first-order valence-electron chi connectivity index (χ1n) is 8.55. The van der Waals surface area contributed by atoms with Crippen LogP contribution in [0.1, 0.15) is 29.8 Å². The zero-order valence-corrected chi connectivity index (χ0v) is 15.5. The summed E-state index contributed by atoms with van der Waals surface area (Å²) in [6.45, 7) is 5.09. The number of rotatable bonds is 5. The fourth-order valence-corrected chi connectivity index (χ4v) is 3.37. The number of nitrogens with one attached hydrogen (secondary N) is 1. The first-order chi connectivity index (χ1) is 12.6. The average Bonchev–Trinajstić information content (AvgIpc) is 3.26. The van der Waals surface area contributed by atoms with Crippen molar-refractivity contribution in [3.63, 3.8) is 0 Å². The van der Waals surface area contributed by atoms with E-state index in [0.29, 0.717) is 17.3 Å². The lowest BCUT2D eigenvalue weighted by atomic mass is 10.1. The van der Waals surface area contributed by atoms with Gasteiger partial charge in [0.25, 0.3) is 0 Å². The van der Waals surface area contributed by atoms with Crippen LogP contribution in [0.25, 0.3) is 5.69 Å². The Morgan fingerprint density at radius 2 is 1.92 bits per heavy atom. The highest BCUT2D eigenvalue weighted by Gasteiger charge is 2.18. The summed E-state index contributed by atoms with van der Waals surface area (Å²) in [7, 11) is 0. The Balaban J connectivity index is 1.49. The van der Waals surface area contributed by atoms with Gasteiger partial charge < -0.3 is 14.8 Å². The molecule has 0 spiro atoms. The molecule has 0 radical (unpaired) electrons.